The monoisotopic (exact) mass is 330 g/mol. The van der Waals surface area contributed by atoms with Gasteiger partial charge in [0.25, 0.3) is 5.91 Å². The highest BCUT2D eigenvalue weighted by molar-refractivity contribution is 5.94. The standard InChI is InChI=1S/C20H30N2O2/c23-20(22-11-3-13-24-19-4-1-2-5-19)18-8-6-16(7-9-18)14-17-10-12-21-15-17/h6-9,17,19,21H,1-5,10-15H2,(H,22,23). The second-order valence-electron chi connectivity index (χ2n) is 7.15. The highest BCUT2D eigenvalue weighted by Gasteiger charge is 2.16. The molecule has 1 unspecified atom stereocenters. The summed E-state index contributed by atoms with van der Waals surface area (Å²) in [6.45, 7) is 3.68. The third-order valence-corrected chi connectivity index (χ3v) is 5.17. The number of ether oxygens (including phenoxy) is 1. The summed E-state index contributed by atoms with van der Waals surface area (Å²) in [4.78, 5) is 12.2. The maximum absolute atomic E-state index is 12.2. The SMILES string of the molecule is O=C(NCCCOC1CCCC1)c1ccc(CC2CCNC2)cc1. The molecule has 1 aromatic rings. The fraction of sp³-hybridized carbons (Fsp3) is 0.650. The molecule has 3 rings (SSSR count). The van der Waals surface area contributed by atoms with Crippen molar-refractivity contribution in [3.63, 3.8) is 0 Å². The average Bonchev–Trinajstić information content (AvgIpc) is 3.29. The van der Waals surface area contributed by atoms with Gasteiger partial charge in [0, 0.05) is 18.7 Å². The average molecular weight is 330 g/mol. The molecule has 0 spiro atoms. The molecule has 4 nitrogen and oxygen atoms in total. The molecule has 1 amide bonds. The number of nitrogens with one attached hydrogen (secondary N) is 2. The number of benzene rings is 1. The minimum Gasteiger partial charge on any atom is -0.378 e. The van der Waals surface area contributed by atoms with Crippen LogP contribution in [0, 0.1) is 5.92 Å². The second kappa shape index (κ2) is 9.19. The summed E-state index contributed by atoms with van der Waals surface area (Å²) in [5, 5.41) is 6.39. The summed E-state index contributed by atoms with van der Waals surface area (Å²) in [7, 11) is 0. The Bertz CT molecular complexity index is 503. The second-order valence-corrected chi connectivity index (χ2v) is 7.15. The van der Waals surface area contributed by atoms with E-state index in [0.717, 1.165) is 44.0 Å². The number of hydrogen-bond acceptors (Lipinski definition) is 3. The summed E-state index contributed by atoms with van der Waals surface area (Å²) in [5.41, 5.74) is 2.07. The Labute approximate surface area is 145 Å². The van der Waals surface area contributed by atoms with Crippen molar-refractivity contribution in [3.8, 4) is 0 Å². The van der Waals surface area contributed by atoms with Gasteiger partial charge in [0.2, 0.25) is 0 Å². The van der Waals surface area contributed by atoms with Gasteiger partial charge in [0.05, 0.1) is 6.10 Å². The van der Waals surface area contributed by atoms with Crippen molar-refractivity contribution in [2.45, 2.75) is 51.0 Å². The van der Waals surface area contributed by atoms with Gasteiger partial charge in [0.1, 0.15) is 0 Å². The van der Waals surface area contributed by atoms with Crippen LogP contribution in [0.25, 0.3) is 0 Å². The first-order valence-electron chi connectivity index (χ1n) is 9.51. The molecule has 1 heterocycles. The lowest BCUT2D eigenvalue weighted by Gasteiger charge is -2.11. The van der Waals surface area contributed by atoms with E-state index in [4.69, 9.17) is 4.74 Å². The molecule has 0 radical (unpaired) electrons. The van der Waals surface area contributed by atoms with E-state index in [1.165, 1.54) is 37.7 Å². The van der Waals surface area contributed by atoms with E-state index in [1.807, 2.05) is 12.1 Å². The third kappa shape index (κ3) is 5.32. The summed E-state index contributed by atoms with van der Waals surface area (Å²) in [6, 6.07) is 8.08. The van der Waals surface area contributed by atoms with Crippen LogP contribution in [0.5, 0.6) is 0 Å². The number of carbonyl (C=O) groups is 1. The maximum atomic E-state index is 12.2. The van der Waals surface area contributed by atoms with E-state index in [1.54, 1.807) is 0 Å². The van der Waals surface area contributed by atoms with Crippen LogP contribution in [0.2, 0.25) is 0 Å². The van der Waals surface area contributed by atoms with Gasteiger partial charge >= 0.3 is 0 Å². The van der Waals surface area contributed by atoms with Gasteiger partial charge in [-0.2, -0.15) is 0 Å². The van der Waals surface area contributed by atoms with E-state index in [-0.39, 0.29) is 5.91 Å². The Balaban J connectivity index is 1.33. The van der Waals surface area contributed by atoms with Crippen LogP contribution in [0.3, 0.4) is 0 Å². The quantitative estimate of drug-likeness (QED) is 0.721. The van der Waals surface area contributed by atoms with Crippen molar-refractivity contribution in [2.75, 3.05) is 26.2 Å². The predicted molar refractivity (Wildman–Crippen MR) is 96.3 cm³/mol. The van der Waals surface area contributed by atoms with E-state index >= 15 is 0 Å². The number of amides is 1. The van der Waals surface area contributed by atoms with Gasteiger partial charge in [-0.15, -0.1) is 0 Å². The molecule has 24 heavy (non-hydrogen) atoms. The molecule has 1 saturated heterocycles. The smallest absolute Gasteiger partial charge is 0.251 e. The van der Waals surface area contributed by atoms with Gasteiger partial charge in [-0.1, -0.05) is 25.0 Å². The van der Waals surface area contributed by atoms with Crippen LogP contribution < -0.4 is 10.6 Å². The zero-order chi connectivity index (χ0) is 16.6. The number of carbonyl (C=O) groups excluding carboxylic acids is 1. The molecule has 1 aliphatic carbocycles. The number of rotatable bonds is 8. The minimum atomic E-state index is 0.0185. The zero-order valence-corrected chi connectivity index (χ0v) is 14.6. The van der Waals surface area contributed by atoms with Gasteiger partial charge < -0.3 is 15.4 Å². The lowest BCUT2D eigenvalue weighted by atomic mass is 9.98. The molecule has 132 valence electrons. The van der Waals surface area contributed by atoms with Gasteiger partial charge in [0.15, 0.2) is 0 Å². The van der Waals surface area contributed by atoms with Crippen molar-refractivity contribution >= 4 is 5.91 Å². The first-order chi connectivity index (χ1) is 11.8. The largest absolute Gasteiger partial charge is 0.378 e. The molecule has 2 fully saturated rings. The van der Waals surface area contributed by atoms with E-state index in [9.17, 15) is 4.79 Å². The van der Waals surface area contributed by atoms with Crippen molar-refractivity contribution in [1.82, 2.24) is 10.6 Å². The molecule has 2 aliphatic rings. The van der Waals surface area contributed by atoms with E-state index < -0.39 is 0 Å². The van der Waals surface area contributed by atoms with Crippen molar-refractivity contribution < 1.29 is 9.53 Å². The maximum Gasteiger partial charge on any atom is 0.251 e. The predicted octanol–water partition coefficient (Wildman–Crippen LogP) is 2.92. The summed E-state index contributed by atoms with van der Waals surface area (Å²) in [5.74, 6) is 0.759. The van der Waals surface area contributed by atoms with E-state index in [2.05, 4.69) is 22.8 Å². The highest BCUT2D eigenvalue weighted by atomic mass is 16.5. The lowest BCUT2D eigenvalue weighted by molar-refractivity contribution is 0.0565. The Morgan fingerprint density at radius 2 is 1.96 bits per heavy atom. The third-order valence-electron chi connectivity index (χ3n) is 5.17. The molecule has 0 aromatic heterocycles. The first-order valence-corrected chi connectivity index (χ1v) is 9.51. The Hall–Kier alpha value is -1.39. The molecule has 1 saturated carbocycles. The van der Waals surface area contributed by atoms with Crippen LogP contribution in [0.4, 0.5) is 0 Å². The fourth-order valence-electron chi connectivity index (χ4n) is 3.70. The van der Waals surface area contributed by atoms with Gasteiger partial charge in [-0.05, 0) is 68.8 Å². The zero-order valence-electron chi connectivity index (χ0n) is 14.6. The van der Waals surface area contributed by atoms with Crippen LogP contribution >= 0.6 is 0 Å². The fourth-order valence-corrected chi connectivity index (χ4v) is 3.70. The van der Waals surface area contributed by atoms with Crippen molar-refractivity contribution in [1.29, 1.82) is 0 Å². The molecule has 1 aromatic carbocycles. The number of hydrogen-bond donors (Lipinski definition) is 2. The van der Waals surface area contributed by atoms with Gasteiger partial charge in [-0.25, -0.2) is 0 Å². The van der Waals surface area contributed by atoms with Crippen LogP contribution in [-0.4, -0.2) is 38.3 Å². The molecule has 1 atom stereocenters. The van der Waals surface area contributed by atoms with Crippen LogP contribution in [0.15, 0.2) is 24.3 Å². The normalized spacial score (nSPS) is 21.2. The summed E-state index contributed by atoms with van der Waals surface area (Å²) in [6.07, 6.45) is 8.71. The summed E-state index contributed by atoms with van der Waals surface area (Å²) < 4.78 is 5.81. The Morgan fingerprint density at radius 1 is 1.17 bits per heavy atom. The Kier molecular flexibility index (Phi) is 6.67. The van der Waals surface area contributed by atoms with E-state index in [0.29, 0.717) is 12.6 Å². The van der Waals surface area contributed by atoms with Crippen LogP contribution in [0.1, 0.15) is 54.4 Å². The summed E-state index contributed by atoms with van der Waals surface area (Å²) >= 11 is 0. The molecule has 0 bridgehead atoms. The molecular formula is C20H30N2O2. The van der Waals surface area contributed by atoms with Crippen LogP contribution in [-0.2, 0) is 11.2 Å². The minimum absolute atomic E-state index is 0.0185. The van der Waals surface area contributed by atoms with Crippen molar-refractivity contribution in [2.24, 2.45) is 5.92 Å². The van der Waals surface area contributed by atoms with Gasteiger partial charge in [-0.3, -0.25) is 4.79 Å². The topological polar surface area (TPSA) is 50.4 Å². The molecule has 4 heteroatoms. The molecular weight excluding hydrogens is 300 g/mol. The highest BCUT2D eigenvalue weighted by Crippen LogP contribution is 2.20. The molecule has 1 aliphatic heterocycles. The first kappa shape index (κ1) is 17.4. The molecule has 2 N–H and O–H groups in total. The van der Waals surface area contributed by atoms with Crippen molar-refractivity contribution in [3.05, 3.63) is 35.4 Å². The Morgan fingerprint density at radius 3 is 2.67 bits per heavy atom. The lowest BCUT2D eigenvalue weighted by Crippen LogP contribution is -2.25.